The standard InChI is InChI=1S/C19H19F2N3O3S/c20-6-7-27-24-18(26)11-22-17(25)10-19-23-15-5-4-13(9-16(15)28-19)12-2-1-3-14(21)8-12/h1-5,8-9,18,24,26H,6-7,10-11H2,(H,22,25). The largest absolute Gasteiger partial charge is 0.375 e. The van der Waals surface area contributed by atoms with Gasteiger partial charge in [-0.2, -0.15) is 5.48 Å². The Bertz CT molecular complexity index is 951. The van der Waals surface area contributed by atoms with E-state index in [0.29, 0.717) is 5.01 Å². The van der Waals surface area contributed by atoms with Gasteiger partial charge >= 0.3 is 0 Å². The Kier molecular flexibility index (Phi) is 6.99. The van der Waals surface area contributed by atoms with Crippen molar-refractivity contribution in [3.8, 4) is 11.1 Å². The topological polar surface area (TPSA) is 83.5 Å². The van der Waals surface area contributed by atoms with Crippen LogP contribution in [0.15, 0.2) is 42.5 Å². The van der Waals surface area contributed by atoms with Gasteiger partial charge in [0, 0.05) is 0 Å². The highest BCUT2D eigenvalue weighted by molar-refractivity contribution is 7.18. The molecule has 9 heteroatoms. The molecule has 1 atom stereocenters. The third-order valence-electron chi connectivity index (χ3n) is 3.79. The molecule has 0 saturated carbocycles. The van der Waals surface area contributed by atoms with E-state index in [1.807, 2.05) is 24.3 Å². The number of aromatic nitrogens is 1. The Balaban J connectivity index is 1.60. The fraction of sp³-hybridized carbons (Fsp3) is 0.263. The van der Waals surface area contributed by atoms with Crippen LogP contribution in [0.2, 0.25) is 0 Å². The first-order valence-corrected chi connectivity index (χ1v) is 9.40. The molecule has 3 N–H and O–H groups in total. The van der Waals surface area contributed by atoms with Crippen LogP contribution >= 0.6 is 11.3 Å². The molecule has 6 nitrogen and oxygen atoms in total. The highest BCUT2D eigenvalue weighted by Crippen LogP contribution is 2.28. The zero-order valence-electron chi connectivity index (χ0n) is 14.8. The third-order valence-corrected chi connectivity index (χ3v) is 4.81. The monoisotopic (exact) mass is 407 g/mol. The molecule has 0 saturated heterocycles. The van der Waals surface area contributed by atoms with E-state index in [-0.39, 0.29) is 31.3 Å². The Labute approximate surface area is 164 Å². The Morgan fingerprint density at radius 3 is 2.86 bits per heavy atom. The number of nitrogens with one attached hydrogen (secondary N) is 2. The fourth-order valence-corrected chi connectivity index (χ4v) is 3.55. The molecule has 0 aliphatic carbocycles. The van der Waals surface area contributed by atoms with Crippen LogP contribution in [-0.2, 0) is 16.1 Å². The van der Waals surface area contributed by atoms with Gasteiger partial charge in [-0.25, -0.2) is 13.8 Å². The molecule has 1 aromatic heterocycles. The molecule has 0 radical (unpaired) electrons. The molecule has 3 rings (SSSR count). The summed E-state index contributed by atoms with van der Waals surface area (Å²) < 4.78 is 26.2. The van der Waals surface area contributed by atoms with Crippen molar-refractivity contribution < 1.29 is 23.5 Å². The molecule has 1 heterocycles. The first kappa shape index (κ1) is 20.3. The number of hydroxylamine groups is 1. The number of thiazole rings is 1. The van der Waals surface area contributed by atoms with Crippen LogP contribution in [0.3, 0.4) is 0 Å². The molecule has 148 valence electrons. The lowest BCUT2D eigenvalue weighted by molar-refractivity contribution is -0.122. The number of aliphatic hydroxyl groups is 1. The number of rotatable bonds is 9. The lowest BCUT2D eigenvalue weighted by Gasteiger charge is -2.12. The molecule has 0 aliphatic heterocycles. The summed E-state index contributed by atoms with van der Waals surface area (Å²) in [7, 11) is 0. The summed E-state index contributed by atoms with van der Waals surface area (Å²) in [6.45, 7) is -0.946. The number of aliphatic hydroxyl groups excluding tert-OH is 1. The van der Waals surface area contributed by atoms with Gasteiger partial charge in [0.05, 0.1) is 29.8 Å². The summed E-state index contributed by atoms with van der Waals surface area (Å²) in [5.74, 6) is -0.609. The zero-order valence-corrected chi connectivity index (χ0v) is 15.6. The second kappa shape index (κ2) is 9.65. The van der Waals surface area contributed by atoms with Gasteiger partial charge in [-0.05, 0) is 35.4 Å². The molecule has 0 spiro atoms. The maximum atomic E-state index is 13.4. The van der Waals surface area contributed by atoms with E-state index in [1.54, 1.807) is 6.07 Å². The van der Waals surface area contributed by atoms with E-state index >= 15 is 0 Å². The molecule has 0 bridgehead atoms. The SMILES string of the molecule is O=C(Cc1nc2ccc(-c3cccc(F)c3)cc2s1)NCC(O)NOCCF. The average Bonchev–Trinajstić information content (AvgIpc) is 3.08. The van der Waals surface area contributed by atoms with Gasteiger partial charge in [0.1, 0.15) is 23.7 Å². The number of alkyl halides is 1. The lowest BCUT2D eigenvalue weighted by atomic mass is 10.1. The van der Waals surface area contributed by atoms with Crippen LogP contribution in [-0.4, -0.2) is 42.1 Å². The van der Waals surface area contributed by atoms with Gasteiger partial charge < -0.3 is 10.4 Å². The second-order valence-electron chi connectivity index (χ2n) is 5.95. The molecule has 1 unspecified atom stereocenters. The quantitative estimate of drug-likeness (QED) is 0.289. The number of carbonyl (C=O) groups excluding carboxylic acids is 1. The van der Waals surface area contributed by atoms with Gasteiger partial charge in [0.2, 0.25) is 5.91 Å². The van der Waals surface area contributed by atoms with E-state index < -0.39 is 12.9 Å². The third kappa shape index (κ3) is 5.52. The Morgan fingerprint density at radius 2 is 2.07 bits per heavy atom. The second-order valence-corrected chi connectivity index (χ2v) is 7.07. The van der Waals surface area contributed by atoms with Crippen molar-refractivity contribution in [2.75, 3.05) is 19.8 Å². The number of halogens is 2. The van der Waals surface area contributed by atoms with Gasteiger partial charge in [-0.1, -0.05) is 18.2 Å². The maximum absolute atomic E-state index is 13.4. The highest BCUT2D eigenvalue weighted by Gasteiger charge is 2.12. The van der Waals surface area contributed by atoms with E-state index in [1.165, 1.54) is 23.5 Å². The highest BCUT2D eigenvalue weighted by atomic mass is 32.1. The van der Waals surface area contributed by atoms with Crippen molar-refractivity contribution in [3.63, 3.8) is 0 Å². The van der Waals surface area contributed by atoms with E-state index in [9.17, 15) is 18.7 Å². The summed E-state index contributed by atoms with van der Waals surface area (Å²) in [5.41, 5.74) is 4.61. The number of hydrogen-bond donors (Lipinski definition) is 3. The minimum Gasteiger partial charge on any atom is -0.375 e. The molecule has 2 aromatic carbocycles. The number of nitrogens with zero attached hydrogens (tertiary/aromatic N) is 1. The molecule has 3 aromatic rings. The van der Waals surface area contributed by atoms with Crippen molar-refractivity contribution in [3.05, 3.63) is 53.3 Å². The Hall–Kier alpha value is -2.46. The van der Waals surface area contributed by atoms with Gasteiger partial charge in [-0.3, -0.25) is 9.63 Å². The van der Waals surface area contributed by atoms with Gasteiger partial charge in [-0.15, -0.1) is 11.3 Å². The van der Waals surface area contributed by atoms with E-state index in [0.717, 1.165) is 21.3 Å². The number of carbonyl (C=O) groups is 1. The van der Waals surface area contributed by atoms with Crippen LogP contribution < -0.4 is 10.8 Å². The number of hydrogen-bond acceptors (Lipinski definition) is 6. The summed E-state index contributed by atoms with van der Waals surface area (Å²) in [6.07, 6.45) is -1.08. The minimum absolute atomic E-state index is 0.0622. The number of fused-ring (bicyclic) bond motifs is 1. The van der Waals surface area contributed by atoms with Crippen LogP contribution in [0.4, 0.5) is 8.78 Å². The molecule has 0 aliphatic rings. The van der Waals surface area contributed by atoms with Crippen LogP contribution in [0.25, 0.3) is 21.3 Å². The van der Waals surface area contributed by atoms with Crippen molar-refractivity contribution in [1.29, 1.82) is 0 Å². The molecular weight excluding hydrogens is 388 g/mol. The zero-order chi connectivity index (χ0) is 19.9. The number of amides is 1. The summed E-state index contributed by atoms with van der Waals surface area (Å²) >= 11 is 1.38. The first-order chi connectivity index (χ1) is 13.5. The smallest absolute Gasteiger partial charge is 0.227 e. The minimum atomic E-state index is -1.14. The predicted octanol–water partition coefficient (Wildman–Crippen LogP) is 2.57. The van der Waals surface area contributed by atoms with Crippen molar-refractivity contribution in [2.45, 2.75) is 12.6 Å². The van der Waals surface area contributed by atoms with Crippen molar-refractivity contribution in [1.82, 2.24) is 15.8 Å². The summed E-state index contributed by atoms with van der Waals surface area (Å²) in [5, 5.41) is 12.7. The molecule has 1 amide bonds. The molecule has 28 heavy (non-hydrogen) atoms. The molecular formula is C19H19F2N3O3S. The van der Waals surface area contributed by atoms with Gasteiger partial charge in [0.15, 0.2) is 0 Å². The van der Waals surface area contributed by atoms with Crippen molar-refractivity contribution >= 4 is 27.5 Å². The summed E-state index contributed by atoms with van der Waals surface area (Å²) in [6, 6.07) is 12.0. The molecule has 0 fully saturated rings. The maximum Gasteiger partial charge on any atom is 0.227 e. The van der Waals surface area contributed by atoms with E-state index in [4.69, 9.17) is 0 Å². The lowest BCUT2D eigenvalue weighted by Crippen LogP contribution is -2.41. The van der Waals surface area contributed by atoms with Crippen LogP contribution in [0.1, 0.15) is 5.01 Å². The van der Waals surface area contributed by atoms with Gasteiger partial charge in [0.25, 0.3) is 0 Å². The van der Waals surface area contributed by atoms with Crippen LogP contribution in [0, 0.1) is 5.82 Å². The predicted molar refractivity (Wildman–Crippen MR) is 103 cm³/mol. The van der Waals surface area contributed by atoms with Crippen LogP contribution in [0.5, 0.6) is 0 Å². The number of benzene rings is 2. The normalized spacial score (nSPS) is 12.2. The fourth-order valence-electron chi connectivity index (χ4n) is 2.54. The first-order valence-electron chi connectivity index (χ1n) is 8.58. The summed E-state index contributed by atoms with van der Waals surface area (Å²) in [4.78, 5) is 21.1. The Morgan fingerprint density at radius 1 is 1.25 bits per heavy atom. The van der Waals surface area contributed by atoms with E-state index in [2.05, 4.69) is 20.6 Å². The van der Waals surface area contributed by atoms with Crippen molar-refractivity contribution in [2.24, 2.45) is 0 Å². The average molecular weight is 407 g/mol.